The summed E-state index contributed by atoms with van der Waals surface area (Å²) in [5, 5.41) is 2.86. The predicted octanol–water partition coefficient (Wildman–Crippen LogP) is 3.29. The Morgan fingerprint density at radius 2 is 2.00 bits per heavy atom. The van der Waals surface area contributed by atoms with Crippen molar-refractivity contribution >= 4 is 11.6 Å². The van der Waals surface area contributed by atoms with Crippen LogP contribution < -0.4 is 10.1 Å². The van der Waals surface area contributed by atoms with E-state index < -0.39 is 0 Å². The largest absolute Gasteiger partial charge is 0.495 e. The third-order valence-electron chi connectivity index (χ3n) is 3.73. The lowest BCUT2D eigenvalue weighted by Gasteiger charge is -2.24. The summed E-state index contributed by atoms with van der Waals surface area (Å²) in [7, 11) is 3.39. The van der Waals surface area contributed by atoms with Crippen molar-refractivity contribution in [2.75, 3.05) is 19.5 Å². The maximum Gasteiger partial charge on any atom is 0.241 e. The van der Waals surface area contributed by atoms with Gasteiger partial charge in [-0.25, -0.2) is 4.39 Å². The van der Waals surface area contributed by atoms with Crippen LogP contribution in [-0.2, 0) is 11.3 Å². The van der Waals surface area contributed by atoms with Crippen LogP contribution in [0.1, 0.15) is 12.5 Å². The summed E-state index contributed by atoms with van der Waals surface area (Å²) >= 11 is 0. The Morgan fingerprint density at radius 1 is 1.26 bits per heavy atom. The van der Waals surface area contributed by atoms with E-state index in [0.717, 1.165) is 5.56 Å². The minimum Gasteiger partial charge on any atom is -0.495 e. The van der Waals surface area contributed by atoms with Crippen LogP contribution in [0.5, 0.6) is 5.75 Å². The standard InChI is InChI=1S/C18H21FN2O2/c1-13(21(2)12-14-7-6-8-15(19)11-14)18(22)20-16-9-4-5-10-17(16)23-3/h4-11,13H,12H2,1-3H3,(H,20,22)/t13-/m0/s1. The fourth-order valence-corrected chi connectivity index (χ4v) is 2.25. The number of halogens is 1. The molecule has 0 aromatic heterocycles. The number of nitrogens with one attached hydrogen (secondary N) is 1. The first kappa shape index (κ1) is 17.0. The summed E-state index contributed by atoms with van der Waals surface area (Å²) in [6, 6.07) is 13.3. The molecule has 1 atom stereocenters. The molecule has 4 nitrogen and oxygen atoms in total. The molecular formula is C18H21FN2O2. The highest BCUT2D eigenvalue weighted by Crippen LogP contribution is 2.23. The van der Waals surface area contributed by atoms with Gasteiger partial charge < -0.3 is 10.1 Å². The van der Waals surface area contributed by atoms with Crippen molar-refractivity contribution in [3.8, 4) is 5.75 Å². The van der Waals surface area contributed by atoms with Gasteiger partial charge in [-0.05, 0) is 43.8 Å². The molecule has 2 aromatic carbocycles. The van der Waals surface area contributed by atoms with Crippen LogP contribution in [0, 0.1) is 5.82 Å². The summed E-state index contributed by atoms with van der Waals surface area (Å²) < 4.78 is 18.5. The second-order valence-corrected chi connectivity index (χ2v) is 5.41. The second-order valence-electron chi connectivity index (χ2n) is 5.41. The third-order valence-corrected chi connectivity index (χ3v) is 3.73. The number of likely N-dealkylation sites (N-methyl/N-ethyl adjacent to an activating group) is 1. The molecule has 122 valence electrons. The topological polar surface area (TPSA) is 41.6 Å². The summed E-state index contributed by atoms with van der Waals surface area (Å²) in [6.45, 7) is 2.29. The number of ether oxygens (including phenoxy) is 1. The van der Waals surface area contributed by atoms with Gasteiger partial charge in [0.2, 0.25) is 5.91 Å². The van der Waals surface area contributed by atoms with Crippen LogP contribution >= 0.6 is 0 Å². The van der Waals surface area contributed by atoms with Gasteiger partial charge in [0, 0.05) is 6.54 Å². The van der Waals surface area contributed by atoms with E-state index in [1.807, 2.05) is 37.1 Å². The van der Waals surface area contributed by atoms with Crippen molar-refractivity contribution in [2.45, 2.75) is 19.5 Å². The number of carbonyl (C=O) groups excluding carboxylic acids is 1. The first-order valence-corrected chi connectivity index (χ1v) is 7.40. The van der Waals surface area contributed by atoms with Crippen LogP contribution in [0.15, 0.2) is 48.5 Å². The average Bonchev–Trinajstić information content (AvgIpc) is 2.54. The Hall–Kier alpha value is -2.40. The smallest absolute Gasteiger partial charge is 0.241 e. The fraction of sp³-hybridized carbons (Fsp3) is 0.278. The number of methoxy groups -OCH3 is 1. The van der Waals surface area contributed by atoms with Gasteiger partial charge in [-0.1, -0.05) is 24.3 Å². The fourth-order valence-electron chi connectivity index (χ4n) is 2.25. The van der Waals surface area contributed by atoms with E-state index in [1.54, 1.807) is 25.3 Å². The van der Waals surface area contributed by atoms with Crippen LogP contribution in [0.3, 0.4) is 0 Å². The maximum atomic E-state index is 13.2. The zero-order valence-corrected chi connectivity index (χ0v) is 13.5. The van der Waals surface area contributed by atoms with E-state index >= 15 is 0 Å². The number of nitrogens with zero attached hydrogens (tertiary/aromatic N) is 1. The van der Waals surface area contributed by atoms with Gasteiger partial charge in [-0.2, -0.15) is 0 Å². The minimum absolute atomic E-state index is 0.145. The van der Waals surface area contributed by atoms with Crippen LogP contribution in [-0.4, -0.2) is 31.0 Å². The normalized spacial score (nSPS) is 12.0. The highest BCUT2D eigenvalue weighted by atomic mass is 19.1. The molecule has 0 radical (unpaired) electrons. The molecule has 0 unspecified atom stereocenters. The summed E-state index contributed by atoms with van der Waals surface area (Å²) in [5.41, 5.74) is 1.45. The Morgan fingerprint density at radius 3 is 2.70 bits per heavy atom. The van der Waals surface area contributed by atoms with Gasteiger partial charge in [-0.15, -0.1) is 0 Å². The number of anilines is 1. The summed E-state index contributed by atoms with van der Waals surface area (Å²) in [5.74, 6) is 0.191. The van der Waals surface area contributed by atoms with Gasteiger partial charge in [0.15, 0.2) is 0 Å². The molecule has 0 aliphatic carbocycles. The van der Waals surface area contributed by atoms with Crippen molar-refractivity contribution in [3.63, 3.8) is 0 Å². The zero-order chi connectivity index (χ0) is 16.8. The summed E-state index contributed by atoms with van der Waals surface area (Å²) in [4.78, 5) is 14.3. The van der Waals surface area contributed by atoms with Gasteiger partial charge in [0.1, 0.15) is 11.6 Å². The SMILES string of the molecule is COc1ccccc1NC(=O)[C@H](C)N(C)Cc1cccc(F)c1. The lowest BCUT2D eigenvalue weighted by molar-refractivity contribution is -0.120. The average molecular weight is 316 g/mol. The number of para-hydroxylation sites is 2. The molecule has 0 saturated carbocycles. The van der Waals surface area contributed by atoms with Gasteiger partial charge >= 0.3 is 0 Å². The number of carbonyl (C=O) groups is 1. The first-order chi connectivity index (χ1) is 11.0. The number of hydrogen-bond donors (Lipinski definition) is 1. The lowest BCUT2D eigenvalue weighted by atomic mass is 10.1. The molecule has 5 heteroatoms. The Balaban J connectivity index is 2.01. The van der Waals surface area contributed by atoms with Crippen LogP contribution in [0.2, 0.25) is 0 Å². The lowest BCUT2D eigenvalue weighted by Crippen LogP contribution is -2.39. The third kappa shape index (κ3) is 4.53. The molecule has 2 aromatic rings. The van der Waals surface area contributed by atoms with E-state index in [2.05, 4.69) is 5.32 Å². The molecule has 0 aliphatic rings. The molecule has 0 fully saturated rings. The second kappa shape index (κ2) is 7.74. The van der Waals surface area contributed by atoms with E-state index in [9.17, 15) is 9.18 Å². The van der Waals surface area contributed by atoms with Gasteiger partial charge in [0.25, 0.3) is 0 Å². The van der Waals surface area contributed by atoms with E-state index in [0.29, 0.717) is 18.0 Å². The van der Waals surface area contributed by atoms with Crippen molar-refractivity contribution in [1.29, 1.82) is 0 Å². The van der Waals surface area contributed by atoms with Crippen molar-refractivity contribution in [1.82, 2.24) is 4.90 Å². The summed E-state index contributed by atoms with van der Waals surface area (Å²) in [6.07, 6.45) is 0. The van der Waals surface area contributed by atoms with Crippen molar-refractivity contribution < 1.29 is 13.9 Å². The van der Waals surface area contributed by atoms with E-state index in [4.69, 9.17) is 4.74 Å². The molecule has 0 heterocycles. The predicted molar refractivity (Wildman–Crippen MR) is 89.0 cm³/mol. The Labute approximate surface area is 135 Å². The molecule has 0 saturated heterocycles. The van der Waals surface area contributed by atoms with Gasteiger partial charge in [0.05, 0.1) is 18.8 Å². The molecule has 0 bridgehead atoms. The quantitative estimate of drug-likeness (QED) is 0.889. The maximum absolute atomic E-state index is 13.2. The van der Waals surface area contributed by atoms with Crippen LogP contribution in [0.4, 0.5) is 10.1 Å². The number of amides is 1. The Kier molecular flexibility index (Phi) is 5.71. The molecule has 2 rings (SSSR count). The molecule has 23 heavy (non-hydrogen) atoms. The van der Waals surface area contributed by atoms with E-state index in [-0.39, 0.29) is 17.8 Å². The number of benzene rings is 2. The molecule has 0 spiro atoms. The number of hydrogen-bond acceptors (Lipinski definition) is 3. The molecular weight excluding hydrogens is 295 g/mol. The molecule has 1 amide bonds. The Bertz CT molecular complexity index is 676. The van der Waals surface area contributed by atoms with Crippen molar-refractivity contribution in [2.24, 2.45) is 0 Å². The molecule has 0 aliphatic heterocycles. The minimum atomic E-state index is -0.372. The molecule has 1 N–H and O–H groups in total. The van der Waals surface area contributed by atoms with Crippen LogP contribution in [0.25, 0.3) is 0 Å². The number of rotatable bonds is 6. The van der Waals surface area contributed by atoms with Gasteiger partial charge in [-0.3, -0.25) is 9.69 Å². The van der Waals surface area contributed by atoms with Crippen molar-refractivity contribution in [3.05, 3.63) is 59.9 Å². The monoisotopic (exact) mass is 316 g/mol. The first-order valence-electron chi connectivity index (χ1n) is 7.40. The highest BCUT2D eigenvalue weighted by molar-refractivity contribution is 5.95. The zero-order valence-electron chi connectivity index (χ0n) is 13.5. The highest BCUT2D eigenvalue weighted by Gasteiger charge is 2.19. The van der Waals surface area contributed by atoms with E-state index in [1.165, 1.54) is 12.1 Å².